The molecule has 2 rings (SSSR count). The molecule has 1 aromatic rings. The molecule has 1 aromatic carbocycles. The highest BCUT2D eigenvalue weighted by atomic mass is 35.5. The van der Waals surface area contributed by atoms with Gasteiger partial charge in [0.05, 0.1) is 12.6 Å². The number of amides is 1. The number of methoxy groups -OCH3 is 1. The van der Waals surface area contributed by atoms with Gasteiger partial charge in [0.25, 0.3) is 0 Å². The summed E-state index contributed by atoms with van der Waals surface area (Å²) in [5.41, 5.74) is 1.14. The molecule has 2 unspecified atom stereocenters. The van der Waals surface area contributed by atoms with E-state index in [1.165, 1.54) is 4.90 Å². The van der Waals surface area contributed by atoms with Crippen molar-refractivity contribution in [2.45, 2.75) is 24.8 Å². The van der Waals surface area contributed by atoms with Crippen molar-refractivity contribution >= 4 is 30.1 Å². The number of ether oxygens (including phenoxy) is 1. The Bertz CT molecular complexity index is 480. The van der Waals surface area contributed by atoms with E-state index in [9.17, 15) is 4.79 Å². The van der Waals surface area contributed by atoms with Crippen molar-refractivity contribution in [1.82, 2.24) is 10.6 Å². The standard InChI is InChI=1S/C17H26N2O2S.ClH/c1-12(15-10-18-11-15)17(20)19-13(2)14-4-6-16(7-5-14)22-9-8-21-3;/h4-7,12-13,15,18H,8-11H2,1-3H3,(H,19,20);1H. The fourth-order valence-corrected chi connectivity index (χ4v) is 3.22. The van der Waals surface area contributed by atoms with E-state index in [4.69, 9.17) is 4.74 Å². The first kappa shape index (κ1) is 20.3. The van der Waals surface area contributed by atoms with Crippen LogP contribution in [0, 0.1) is 11.8 Å². The number of halogens is 1. The molecule has 1 aliphatic rings. The van der Waals surface area contributed by atoms with Gasteiger partial charge in [-0.2, -0.15) is 0 Å². The summed E-state index contributed by atoms with van der Waals surface area (Å²) in [6.07, 6.45) is 0. The molecule has 130 valence electrons. The minimum Gasteiger partial charge on any atom is -0.384 e. The fraction of sp³-hybridized carbons (Fsp3) is 0.588. The summed E-state index contributed by atoms with van der Waals surface area (Å²) in [6, 6.07) is 8.45. The number of hydrogen-bond donors (Lipinski definition) is 2. The van der Waals surface area contributed by atoms with E-state index in [1.807, 2.05) is 13.8 Å². The highest BCUT2D eigenvalue weighted by molar-refractivity contribution is 7.99. The Morgan fingerprint density at radius 3 is 2.52 bits per heavy atom. The normalized spacial score (nSPS) is 16.8. The molecule has 6 heteroatoms. The molecular formula is C17H27ClN2O2S. The van der Waals surface area contributed by atoms with Gasteiger partial charge in [-0.15, -0.1) is 24.2 Å². The molecule has 0 aromatic heterocycles. The lowest BCUT2D eigenvalue weighted by atomic mass is 9.88. The van der Waals surface area contributed by atoms with Gasteiger partial charge in [0.1, 0.15) is 0 Å². The Kier molecular flexibility index (Phi) is 8.99. The third kappa shape index (κ3) is 5.99. The minimum atomic E-state index is 0. The van der Waals surface area contributed by atoms with Crippen LogP contribution in [0.3, 0.4) is 0 Å². The molecule has 1 heterocycles. The SMILES string of the molecule is COCCSc1ccc(C(C)NC(=O)C(C)C2CNC2)cc1.Cl. The molecule has 4 nitrogen and oxygen atoms in total. The van der Waals surface area contributed by atoms with Crippen LogP contribution >= 0.6 is 24.2 Å². The van der Waals surface area contributed by atoms with Crippen molar-refractivity contribution in [3.05, 3.63) is 29.8 Å². The third-order valence-electron chi connectivity index (χ3n) is 4.23. The van der Waals surface area contributed by atoms with E-state index in [-0.39, 0.29) is 30.3 Å². The Morgan fingerprint density at radius 2 is 2.00 bits per heavy atom. The Balaban J connectivity index is 0.00000264. The number of carbonyl (C=O) groups is 1. The lowest BCUT2D eigenvalue weighted by Crippen LogP contribution is -2.49. The van der Waals surface area contributed by atoms with Crippen molar-refractivity contribution in [3.63, 3.8) is 0 Å². The molecule has 23 heavy (non-hydrogen) atoms. The molecule has 0 radical (unpaired) electrons. The van der Waals surface area contributed by atoms with Crippen LogP contribution in [0.4, 0.5) is 0 Å². The largest absolute Gasteiger partial charge is 0.384 e. The smallest absolute Gasteiger partial charge is 0.223 e. The number of carbonyl (C=O) groups excluding carboxylic acids is 1. The first-order valence-electron chi connectivity index (χ1n) is 7.84. The van der Waals surface area contributed by atoms with Crippen LogP contribution in [-0.4, -0.2) is 38.5 Å². The zero-order chi connectivity index (χ0) is 15.9. The molecule has 2 N–H and O–H groups in total. The molecule has 1 aliphatic heterocycles. The van der Waals surface area contributed by atoms with E-state index >= 15 is 0 Å². The topological polar surface area (TPSA) is 50.4 Å². The van der Waals surface area contributed by atoms with Crippen LogP contribution in [0.2, 0.25) is 0 Å². The second kappa shape index (κ2) is 10.2. The van der Waals surface area contributed by atoms with Crippen LogP contribution in [0.1, 0.15) is 25.5 Å². The molecule has 1 saturated heterocycles. The maximum atomic E-state index is 12.2. The average molecular weight is 359 g/mol. The van der Waals surface area contributed by atoms with Crippen LogP contribution in [0.25, 0.3) is 0 Å². The molecule has 0 aliphatic carbocycles. The van der Waals surface area contributed by atoms with E-state index in [1.54, 1.807) is 18.9 Å². The molecule has 1 amide bonds. The Morgan fingerprint density at radius 1 is 1.35 bits per heavy atom. The minimum absolute atomic E-state index is 0. The third-order valence-corrected chi connectivity index (χ3v) is 5.21. The number of rotatable bonds is 8. The second-order valence-electron chi connectivity index (χ2n) is 5.85. The summed E-state index contributed by atoms with van der Waals surface area (Å²) in [7, 11) is 1.72. The van der Waals surface area contributed by atoms with Gasteiger partial charge in [-0.1, -0.05) is 19.1 Å². The number of benzene rings is 1. The maximum Gasteiger partial charge on any atom is 0.223 e. The number of hydrogen-bond acceptors (Lipinski definition) is 4. The quantitative estimate of drug-likeness (QED) is 0.554. The zero-order valence-electron chi connectivity index (χ0n) is 14.0. The molecule has 0 bridgehead atoms. The summed E-state index contributed by atoms with van der Waals surface area (Å²) >= 11 is 1.78. The van der Waals surface area contributed by atoms with E-state index < -0.39 is 0 Å². The molecule has 0 saturated carbocycles. The Labute approximate surface area is 149 Å². The Hall–Kier alpha value is -0.750. The van der Waals surface area contributed by atoms with Gasteiger partial charge in [0.15, 0.2) is 0 Å². The van der Waals surface area contributed by atoms with Crippen molar-refractivity contribution < 1.29 is 9.53 Å². The first-order valence-corrected chi connectivity index (χ1v) is 8.83. The van der Waals surface area contributed by atoms with Gasteiger partial charge in [-0.3, -0.25) is 4.79 Å². The van der Waals surface area contributed by atoms with E-state index in [2.05, 4.69) is 34.9 Å². The molecule has 2 atom stereocenters. The van der Waals surface area contributed by atoms with Crippen molar-refractivity contribution in [2.24, 2.45) is 11.8 Å². The summed E-state index contributed by atoms with van der Waals surface area (Å²) in [6.45, 7) is 6.72. The predicted octanol–water partition coefficient (Wildman–Crippen LogP) is 2.88. The summed E-state index contributed by atoms with van der Waals surface area (Å²) in [4.78, 5) is 13.5. The number of nitrogens with one attached hydrogen (secondary N) is 2. The van der Waals surface area contributed by atoms with Crippen LogP contribution < -0.4 is 10.6 Å². The van der Waals surface area contributed by atoms with Gasteiger partial charge < -0.3 is 15.4 Å². The molecular weight excluding hydrogens is 332 g/mol. The summed E-state index contributed by atoms with van der Waals surface area (Å²) in [5, 5.41) is 6.34. The lowest BCUT2D eigenvalue weighted by Gasteiger charge is -2.32. The summed E-state index contributed by atoms with van der Waals surface area (Å²) < 4.78 is 5.05. The van der Waals surface area contributed by atoms with Crippen molar-refractivity contribution in [3.8, 4) is 0 Å². The van der Waals surface area contributed by atoms with Crippen LogP contribution in [-0.2, 0) is 9.53 Å². The molecule has 0 spiro atoms. The second-order valence-corrected chi connectivity index (χ2v) is 7.02. The lowest BCUT2D eigenvalue weighted by molar-refractivity contribution is -0.127. The van der Waals surface area contributed by atoms with Gasteiger partial charge in [-0.05, 0) is 43.6 Å². The highest BCUT2D eigenvalue weighted by Gasteiger charge is 2.29. The van der Waals surface area contributed by atoms with E-state index in [0.29, 0.717) is 5.92 Å². The van der Waals surface area contributed by atoms with Crippen LogP contribution in [0.15, 0.2) is 29.2 Å². The van der Waals surface area contributed by atoms with Crippen LogP contribution in [0.5, 0.6) is 0 Å². The number of thioether (sulfide) groups is 1. The van der Waals surface area contributed by atoms with Crippen molar-refractivity contribution in [2.75, 3.05) is 32.6 Å². The van der Waals surface area contributed by atoms with Gasteiger partial charge in [0, 0.05) is 23.7 Å². The first-order chi connectivity index (χ1) is 10.6. The van der Waals surface area contributed by atoms with Gasteiger partial charge >= 0.3 is 0 Å². The fourth-order valence-electron chi connectivity index (χ4n) is 2.40. The zero-order valence-corrected chi connectivity index (χ0v) is 15.6. The monoisotopic (exact) mass is 358 g/mol. The van der Waals surface area contributed by atoms with Gasteiger partial charge in [-0.25, -0.2) is 0 Å². The maximum absolute atomic E-state index is 12.2. The highest BCUT2D eigenvalue weighted by Crippen LogP contribution is 2.22. The predicted molar refractivity (Wildman–Crippen MR) is 98.4 cm³/mol. The van der Waals surface area contributed by atoms with E-state index in [0.717, 1.165) is 31.0 Å². The molecule has 1 fully saturated rings. The average Bonchev–Trinajstić information content (AvgIpc) is 2.46. The summed E-state index contributed by atoms with van der Waals surface area (Å²) in [5.74, 6) is 1.66. The van der Waals surface area contributed by atoms with Crippen molar-refractivity contribution in [1.29, 1.82) is 0 Å². The van der Waals surface area contributed by atoms with Gasteiger partial charge in [0.2, 0.25) is 5.91 Å².